The number of nitrogens with zero attached hydrogens (tertiary/aromatic N) is 2. The summed E-state index contributed by atoms with van der Waals surface area (Å²) in [6.07, 6.45) is 1.66. The Labute approximate surface area is 162 Å². The molecule has 28 heavy (non-hydrogen) atoms. The van der Waals surface area contributed by atoms with Crippen LogP contribution in [0.15, 0.2) is 59.0 Å². The molecule has 136 valence electrons. The summed E-state index contributed by atoms with van der Waals surface area (Å²) in [4.78, 5) is 19.1. The van der Waals surface area contributed by atoms with Crippen molar-refractivity contribution in [3.05, 3.63) is 77.3 Å². The lowest BCUT2D eigenvalue weighted by atomic mass is 10.1. The molecule has 0 saturated carbocycles. The Hall–Kier alpha value is -3.91. The molecule has 0 amide bonds. The van der Waals surface area contributed by atoms with Crippen molar-refractivity contribution in [3.8, 4) is 17.4 Å². The average Bonchev–Trinajstić information content (AvgIpc) is 3.32. The molecule has 5 heteroatoms. The second-order valence-electron chi connectivity index (χ2n) is 6.61. The number of hydrogen-bond donors (Lipinski definition) is 1. The lowest BCUT2D eigenvalue weighted by molar-refractivity contribution is 0.101. The largest absolute Gasteiger partial charge is 0.457 e. The molecule has 4 aromatic rings. The summed E-state index contributed by atoms with van der Waals surface area (Å²) in [6.45, 7) is 3.54. The number of allylic oxidation sites excluding steroid dienone is 1. The van der Waals surface area contributed by atoms with Crippen LogP contribution in [0.1, 0.15) is 34.4 Å². The maximum absolute atomic E-state index is 11.4. The lowest BCUT2D eigenvalue weighted by Crippen LogP contribution is -1.90. The van der Waals surface area contributed by atoms with Crippen LogP contribution >= 0.6 is 0 Å². The first-order valence-corrected chi connectivity index (χ1v) is 8.83. The minimum absolute atomic E-state index is 0.0225. The number of aromatic amines is 1. The fourth-order valence-electron chi connectivity index (χ4n) is 3.00. The Morgan fingerprint density at radius 1 is 1.14 bits per heavy atom. The number of fused-ring (bicyclic) bond motifs is 1. The third-order valence-electron chi connectivity index (χ3n) is 4.50. The molecule has 2 heterocycles. The van der Waals surface area contributed by atoms with Crippen molar-refractivity contribution in [1.29, 1.82) is 5.26 Å². The predicted molar refractivity (Wildman–Crippen MR) is 108 cm³/mol. The van der Waals surface area contributed by atoms with Gasteiger partial charge in [-0.1, -0.05) is 30.3 Å². The number of nitrogens with one attached hydrogen (secondary N) is 1. The zero-order valence-electron chi connectivity index (χ0n) is 15.5. The normalized spacial score (nSPS) is 11.5. The van der Waals surface area contributed by atoms with Gasteiger partial charge in [0, 0.05) is 17.2 Å². The first-order valence-electron chi connectivity index (χ1n) is 8.83. The number of H-pyrrole nitrogens is 1. The number of carbonyl (C=O) groups excluding carboxylic acids is 1. The van der Waals surface area contributed by atoms with Crippen LogP contribution in [0.4, 0.5) is 0 Å². The molecule has 0 bridgehead atoms. The smallest absolute Gasteiger partial charge is 0.159 e. The minimum Gasteiger partial charge on any atom is -0.457 e. The van der Waals surface area contributed by atoms with Gasteiger partial charge in [-0.15, -0.1) is 0 Å². The zero-order valence-corrected chi connectivity index (χ0v) is 15.5. The maximum atomic E-state index is 11.4. The quantitative estimate of drug-likeness (QED) is 0.387. The molecule has 4 rings (SSSR count). The van der Waals surface area contributed by atoms with Gasteiger partial charge in [0.1, 0.15) is 23.4 Å². The fraction of sp³-hybridized carbons (Fsp3) is 0.0870. The first-order chi connectivity index (χ1) is 13.5. The monoisotopic (exact) mass is 367 g/mol. The number of imidazole rings is 1. The van der Waals surface area contributed by atoms with E-state index in [0.717, 1.165) is 22.2 Å². The number of Topliss-reactive ketones (excluding diaryl/α,β-unsaturated/α-hetero) is 1. The standard InChI is InChI=1S/C23H17N3O2/c1-14-3-9-20-21(11-14)26-23(25-20)18(13-24)12-19-8-10-22(28-19)17-6-4-16(5-7-17)15(2)27/h3-12H,1-2H3,(H,25,26). The average molecular weight is 367 g/mol. The Morgan fingerprint density at radius 3 is 2.64 bits per heavy atom. The molecule has 0 saturated heterocycles. The van der Waals surface area contributed by atoms with E-state index in [2.05, 4.69) is 16.0 Å². The van der Waals surface area contributed by atoms with E-state index in [1.54, 1.807) is 24.3 Å². The van der Waals surface area contributed by atoms with Crippen molar-refractivity contribution in [3.63, 3.8) is 0 Å². The van der Waals surface area contributed by atoms with Crippen molar-refractivity contribution in [2.24, 2.45) is 0 Å². The molecule has 2 aromatic heterocycles. The highest BCUT2D eigenvalue weighted by molar-refractivity contribution is 5.94. The number of ketones is 1. The number of aromatic nitrogens is 2. The molecule has 0 unspecified atom stereocenters. The van der Waals surface area contributed by atoms with E-state index in [1.165, 1.54) is 6.92 Å². The van der Waals surface area contributed by atoms with Crippen molar-refractivity contribution >= 4 is 28.5 Å². The van der Waals surface area contributed by atoms with Gasteiger partial charge in [0.05, 0.1) is 16.6 Å². The van der Waals surface area contributed by atoms with Crippen LogP contribution in [0, 0.1) is 18.3 Å². The van der Waals surface area contributed by atoms with Crippen LogP contribution < -0.4 is 0 Å². The highest BCUT2D eigenvalue weighted by atomic mass is 16.3. The van der Waals surface area contributed by atoms with Crippen molar-refractivity contribution < 1.29 is 9.21 Å². The van der Waals surface area contributed by atoms with Gasteiger partial charge in [0.2, 0.25) is 0 Å². The fourth-order valence-corrected chi connectivity index (χ4v) is 3.00. The van der Waals surface area contributed by atoms with Gasteiger partial charge in [-0.3, -0.25) is 4.79 Å². The molecule has 0 spiro atoms. The third kappa shape index (κ3) is 3.36. The second kappa shape index (κ2) is 7.01. The molecule has 0 fully saturated rings. The Bertz CT molecular complexity index is 1250. The summed E-state index contributed by atoms with van der Waals surface area (Å²) in [6, 6.07) is 19.0. The third-order valence-corrected chi connectivity index (χ3v) is 4.50. The van der Waals surface area contributed by atoms with Crippen LogP contribution in [-0.4, -0.2) is 15.8 Å². The number of benzene rings is 2. The molecule has 0 aliphatic rings. The van der Waals surface area contributed by atoms with Crippen LogP contribution in [0.3, 0.4) is 0 Å². The molecule has 1 N–H and O–H groups in total. The minimum atomic E-state index is 0.0225. The van der Waals surface area contributed by atoms with Gasteiger partial charge in [-0.25, -0.2) is 4.98 Å². The van der Waals surface area contributed by atoms with E-state index >= 15 is 0 Å². The van der Waals surface area contributed by atoms with Gasteiger partial charge in [0.25, 0.3) is 0 Å². The van der Waals surface area contributed by atoms with E-state index in [4.69, 9.17) is 4.42 Å². The van der Waals surface area contributed by atoms with Gasteiger partial charge in [-0.2, -0.15) is 5.26 Å². The summed E-state index contributed by atoms with van der Waals surface area (Å²) in [5.74, 6) is 1.75. The predicted octanol–water partition coefficient (Wildman–Crippen LogP) is 5.40. The van der Waals surface area contributed by atoms with E-state index in [1.807, 2.05) is 43.3 Å². The van der Waals surface area contributed by atoms with Crippen molar-refractivity contribution in [1.82, 2.24) is 9.97 Å². The number of rotatable bonds is 4. The maximum Gasteiger partial charge on any atom is 0.159 e. The van der Waals surface area contributed by atoms with Gasteiger partial charge in [-0.05, 0) is 43.7 Å². The van der Waals surface area contributed by atoms with Crippen molar-refractivity contribution in [2.45, 2.75) is 13.8 Å². The van der Waals surface area contributed by atoms with Crippen LogP contribution in [0.25, 0.3) is 34.0 Å². The van der Waals surface area contributed by atoms with Crippen LogP contribution in [0.5, 0.6) is 0 Å². The number of aryl methyl sites for hydroxylation is 1. The van der Waals surface area contributed by atoms with E-state index in [0.29, 0.717) is 28.5 Å². The van der Waals surface area contributed by atoms with Gasteiger partial charge in [0.15, 0.2) is 5.78 Å². The molecule has 0 atom stereocenters. The molecular formula is C23H17N3O2. The molecule has 0 aliphatic carbocycles. The van der Waals surface area contributed by atoms with E-state index in [-0.39, 0.29) is 5.78 Å². The summed E-state index contributed by atoms with van der Waals surface area (Å²) < 4.78 is 5.86. The van der Waals surface area contributed by atoms with Crippen LogP contribution in [-0.2, 0) is 0 Å². The van der Waals surface area contributed by atoms with Crippen LogP contribution in [0.2, 0.25) is 0 Å². The Kier molecular flexibility index (Phi) is 4.38. The summed E-state index contributed by atoms with van der Waals surface area (Å²) in [7, 11) is 0. The molecule has 2 aromatic carbocycles. The molecule has 5 nitrogen and oxygen atoms in total. The lowest BCUT2D eigenvalue weighted by Gasteiger charge is -1.99. The highest BCUT2D eigenvalue weighted by Gasteiger charge is 2.10. The molecule has 0 aliphatic heterocycles. The van der Waals surface area contributed by atoms with Crippen molar-refractivity contribution in [2.75, 3.05) is 0 Å². The first kappa shape index (κ1) is 17.5. The summed E-state index contributed by atoms with van der Waals surface area (Å²) >= 11 is 0. The molecule has 0 radical (unpaired) electrons. The van der Waals surface area contributed by atoms with E-state index in [9.17, 15) is 10.1 Å². The van der Waals surface area contributed by atoms with Gasteiger partial charge < -0.3 is 9.40 Å². The number of carbonyl (C=O) groups is 1. The Morgan fingerprint density at radius 2 is 1.93 bits per heavy atom. The Balaban J connectivity index is 1.65. The van der Waals surface area contributed by atoms with E-state index < -0.39 is 0 Å². The number of hydrogen-bond acceptors (Lipinski definition) is 4. The summed E-state index contributed by atoms with van der Waals surface area (Å²) in [5.41, 5.74) is 4.73. The zero-order chi connectivity index (χ0) is 19.7. The second-order valence-corrected chi connectivity index (χ2v) is 6.61. The number of furan rings is 1. The molecular weight excluding hydrogens is 350 g/mol. The topological polar surface area (TPSA) is 82.7 Å². The summed E-state index contributed by atoms with van der Waals surface area (Å²) in [5, 5.41) is 9.57. The highest BCUT2D eigenvalue weighted by Crippen LogP contribution is 2.26. The SMILES string of the molecule is CC(=O)c1ccc(-c2ccc(C=C(C#N)c3nc4ccc(C)cc4[nH]3)o2)cc1. The van der Waals surface area contributed by atoms with Gasteiger partial charge >= 0.3 is 0 Å². The number of nitriles is 1.